The Morgan fingerprint density at radius 1 is 1.23 bits per heavy atom. The number of rotatable bonds is 5. The molecule has 0 radical (unpaired) electrons. The van der Waals surface area contributed by atoms with E-state index >= 15 is 0 Å². The maximum atomic E-state index is 12.6. The van der Waals surface area contributed by atoms with Crippen molar-refractivity contribution in [2.24, 2.45) is 17.8 Å². The zero-order valence-corrected chi connectivity index (χ0v) is 17.8. The highest BCUT2D eigenvalue weighted by molar-refractivity contribution is 5.95. The second kappa shape index (κ2) is 9.29. The number of nitrogens with one attached hydrogen (secondary N) is 1. The van der Waals surface area contributed by atoms with E-state index in [4.69, 9.17) is 10.00 Å². The number of anilines is 1. The van der Waals surface area contributed by atoms with Crippen molar-refractivity contribution in [3.8, 4) is 6.07 Å². The summed E-state index contributed by atoms with van der Waals surface area (Å²) in [7, 11) is 0. The normalized spacial score (nSPS) is 27.3. The maximum Gasteiger partial charge on any atom is 0.312 e. The van der Waals surface area contributed by atoms with Crippen LogP contribution in [0.25, 0.3) is 0 Å². The van der Waals surface area contributed by atoms with Gasteiger partial charge in [-0.15, -0.1) is 0 Å². The summed E-state index contributed by atoms with van der Waals surface area (Å²) in [5.41, 5.74) is 1.01. The van der Waals surface area contributed by atoms with E-state index in [0.29, 0.717) is 29.6 Å². The third kappa shape index (κ3) is 4.81. The van der Waals surface area contributed by atoms with Crippen molar-refractivity contribution >= 4 is 23.5 Å². The number of nitriles is 1. The van der Waals surface area contributed by atoms with Crippen molar-refractivity contribution in [1.82, 2.24) is 4.90 Å². The Kier molecular flexibility index (Phi) is 6.76. The van der Waals surface area contributed by atoms with Gasteiger partial charge in [-0.2, -0.15) is 5.26 Å². The summed E-state index contributed by atoms with van der Waals surface area (Å²) in [4.78, 5) is 39.4. The van der Waals surface area contributed by atoms with E-state index in [1.165, 1.54) is 13.3 Å². The first-order valence-corrected chi connectivity index (χ1v) is 10.6. The third-order valence-corrected chi connectivity index (χ3v) is 6.50. The monoisotopic (exact) mass is 411 g/mol. The first-order chi connectivity index (χ1) is 14.3. The summed E-state index contributed by atoms with van der Waals surface area (Å²) in [5, 5.41) is 11.5. The van der Waals surface area contributed by atoms with Crippen LogP contribution in [-0.2, 0) is 19.1 Å². The molecule has 1 aromatic carbocycles. The first kappa shape index (κ1) is 21.8. The molecule has 1 saturated heterocycles. The lowest BCUT2D eigenvalue weighted by molar-refractivity contribution is -0.157. The minimum atomic E-state index is -0.981. The molecule has 1 heterocycles. The molecule has 0 unspecified atom stereocenters. The van der Waals surface area contributed by atoms with Crippen LogP contribution in [-0.4, -0.2) is 41.4 Å². The summed E-state index contributed by atoms with van der Waals surface area (Å²) in [5.74, 6) is -0.526. The number of benzene rings is 1. The van der Waals surface area contributed by atoms with Gasteiger partial charge in [0, 0.05) is 24.7 Å². The lowest BCUT2D eigenvalue weighted by Gasteiger charge is -2.39. The Hall–Kier alpha value is -2.88. The molecule has 0 spiro atoms. The number of nitrogens with zero attached hydrogens (tertiary/aromatic N) is 2. The van der Waals surface area contributed by atoms with E-state index in [1.807, 2.05) is 11.0 Å². The fourth-order valence-corrected chi connectivity index (χ4v) is 4.40. The molecule has 1 saturated carbocycles. The van der Waals surface area contributed by atoms with Crippen LogP contribution in [0.4, 0.5) is 5.69 Å². The van der Waals surface area contributed by atoms with E-state index in [-0.39, 0.29) is 18.4 Å². The number of ether oxygens (including phenoxy) is 1. The molecule has 1 aliphatic carbocycles. The van der Waals surface area contributed by atoms with Crippen molar-refractivity contribution in [1.29, 1.82) is 5.26 Å². The second-order valence-electron chi connectivity index (χ2n) is 8.54. The van der Waals surface area contributed by atoms with Gasteiger partial charge in [0.25, 0.3) is 5.91 Å². The van der Waals surface area contributed by atoms with Gasteiger partial charge in [-0.05, 0) is 49.4 Å². The molecule has 7 heteroatoms. The van der Waals surface area contributed by atoms with Gasteiger partial charge in [0.05, 0.1) is 17.6 Å². The van der Waals surface area contributed by atoms with E-state index in [1.54, 1.807) is 24.3 Å². The molecular formula is C23H29N3O4. The zero-order chi connectivity index (χ0) is 21.8. The lowest BCUT2D eigenvalue weighted by atomic mass is 9.77. The average molecular weight is 412 g/mol. The quantitative estimate of drug-likeness (QED) is 0.751. The molecule has 2 fully saturated rings. The SMILES string of the molecule is C[C@H]1[C@H](N2C[C@H](C(=O)O[C@@H](C)C(=O)Nc3ccc(C#N)cc3)CC2=O)CCC[C@@H]1C. The van der Waals surface area contributed by atoms with Gasteiger partial charge in [-0.25, -0.2) is 0 Å². The average Bonchev–Trinajstić information content (AvgIpc) is 3.12. The molecule has 30 heavy (non-hydrogen) atoms. The first-order valence-electron chi connectivity index (χ1n) is 10.6. The summed E-state index contributed by atoms with van der Waals surface area (Å²) in [6.45, 7) is 6.28. The van der Waals surface area contributed by atoms with Crippen molar-refractivity contribution in [2.45, 2.75) is 58.6 Å². The Morgan fingerprint density at radius 3 is 2.60 bits per heavy atom. The minimum Gasteiger partial charge on any atom is -0.452 e. The summed E-state index contributed by atoms with van der Waals surface area (Å²) >= 11 is 0. The number of hydrogen-bond acceptors (Lipinski definition) is 5. The second-order valence-corrected chi connectivity index (χ2v) is 8.54. The van der Waals surface area contributed by atoms with E-state index in [2.05, 4.69) is 19.2 Å². The van der Waals surface area contributed by atoms with Crippen LogP contribution in [0.1, 0.15) is 52.0 Å². The van der Waals surface area contributed by atoms with Gasteiger partial charge in [0.15, 0.2) is 6.10 Å². The molecular weight excluding hydrogens is 382 g/mol. The van der Waals surface area contributed by atoms with Crippen molar-refractivity contribution < 1.29 is 19.1 Å². The maximum absolute atomic E-state index is 12.6. The molecule has 1 aromatic rings. The van der Waals surface area contributed by atoms with Gasteiger partial charge in [0.1, 0.15) is 0 Å². The predicted octanol–water partition coefficient (Wildman–Crippen LogP) is 3.10. The Bertz CT molecular complexity index is 845. The Labute approximate surface area is 177 Å². The van der Waals surface area contributed by atoms with Crippen molar-refractivity contribution in [2.75, 3.05) is 11.9 Å². The van der Waals surface area contributed by atoms with Crippen LogP contribution in [0, 0.1) is 29.1 Å². The highest BCUT2D eigenvalue weighted by Crippen LogP contribution is 2.36. The largest absolute Gasteiger partial charge is 0.452 e. The highest BCUT2D eigenvalue weighted by Gasteiger charge is 2.42. The van der Waals surface area contributed by atoms with Gasteiger partial charge >= 0.3 is 5.97 Å². The topological polar surface area (TPSA) is 99.5 Å². The number of esters is 1. The van der Waals surface area contributed by atoms with Crippen LogP contribution >= 0.6 is 0 Å². The van der Waals surface area contributed by atoms with Crippen LogP contribution < -0.4 is 5.32 Å². The molecule has 1 N–H and O–H groups in total. The smallest absolute Gasteiger partial charge is 0.312 e. The van der Waals surface area contributed by atoms with Crippen LogP contribution in [0.15, 0.2) is 24.3 Å². The minimum absolute atomic E-state index is 0.00223. The Morgan fingerprint density at radius 2 is 1.93 bits per heavy atom. The van der Waals surface area contributed by atoms with Gasteiger partial charge in [-0.1, -0.05) is 26.7 Å². The third-order valence-electron chi connectivity index (χ3n) is 6.50. The van der Waals surface area contributed by atoms with Gasteiger partial charge in [0.2, 0.25) is 5.91 Å². The molecule has 3 rings (SSSR count). The van der Waals surface area contributed by atoms with Crippen LogP contribution in [0.5, 0.6) is 0 Å². The lowest BCUT2D eigenvalue weighted by Crippen LogP contribution is -2.45. The fraction of sp³-hybridized carbons (Fsp3) is 0.565. The highest BCUT2D eigenvalue weighted by atomic mass is 16.5. The summed E-state index contributed by atoms with van der Waals surface area (Å²) in [6.07, 6.45) is 2.41. The standard InChI is InChI=1S/C23H29N3O4/c1-14-5-4-6-20(15(14)2)26-13-18(11-21(26)27)23(29)30-16(3)22(28)25-19-9-7-17(12-24)8-10-19/h7-10,14-16,18,20H,4-6,11,13H2,1-3H3,(H,25,28)/t14-,15+,16-,18+,20+/m0/s1. The molecule has 2 aliphatic rings. The number of carbonyl (C=O) groups excluding carboxylic acids is 3. The van der Waals surface area contributed by atoms with Gasteiger partial charge < -0.3 is 15.0 Å². The summed E-state index contributed by atoms with van der Waals surface area (Å²) in [6, 6.07) is 8.61. The van der Waals surface area contributed by atoms with Gasteiger partial charge in [-0.3, -0.25) is 14.4 Å². The van der Waals surface area contributed by atoms with E-state index in [9.17, 15) is 14.4 Å². The molecule has 7 nitrogen and oxygen atoms in total. The molecule has 0 bridgehead atoms. The zero-order valence-electron chi connectivity index (χ0n) is 17.8. The number of likely N-dealkylation sites (tertiary alicyclic amines) is 1. The Balaban J connectivity index is 1.54. The van der Waals surface area contributed by atoms with Crippen LogP contribution in [0.3, 0.4) is 0 Å². The summed E-state index contributed by atoms with van der Waals surface area (Å²) < 4.78 is 5.36. The molecule has 0 aromatic heterocycles. The fourth-order valence-electron chi connectivity index (χ4n) is 4.40. The molecule has 160 valence electrons. The van der Waals surface area contributed by atoms with Crippen LogP contribution in [0.2, 0.25) is 0 Å². The van der Waals surface area contributed by atoms with Crippen molar-refractivity contribution in [3.63, 3.8) is 0 Å². The van der Waals surface area contributed by atoms with E-state index < -0.39 is 23.9 Å². The molecule has 1 aliphatic heterocycles. The van der Waals surface area contributed by atoms with E-state index in [0.717, 1.165) is 12.8 Å². The van der Waals surface area contributed by atoms with Crippen molar-refractivity contribution in [3.05, 3.63) is 29.8 Å². The molecule has 2 amide bonds. The number of amides is 2. The molecule has 5 atom stereocenters. The number of carbonyl (C=O) groups is 3. The number of hydrogen-bond donors (Lipinski definition) is 1. The predicted molar refractivity (Wildman–Crippen MR) is 111 cm³/mol.